The van der Waals surface area contributed by atoms with Gasteiger partial charge in [-0.25, -0.2) is 0 Å². The second kappa shape index (κ2) is 8.83. The summed E-state index contributed by atoms with van der Waals surface area (Å²) in [5.41, 5.74) is 2.69. The standard InChI is InChI=1S/C19H24N2O2/c1-3-5-10-19(22)21-16-13-11-15(12-14-16)20-17-8-6-7-9-18(17)23-4-2/h6-9,11-14,20H,3-5,10H2,1-2H3,(H,21,22). The fraction of sp³-hybridized carbons (Fsp3) is 0.316. The van der Waals surface area contributed by atoms with Gasteiger partial charge >= 0.3 is 0 Å². The van der Waals surface area contributed by atoms with Gasteiger partial charge in [0.15, 0.2) is 0 Å². The van der Waals surface area contributed by atoms with Gasteiger partial charge in [0, 0.05) is 17.8 Å². The van der Waals surface area contributed by atoms with Gasteiger partial charge in [-0.05, 0) is 49.7 Å². The molecule has 0 aliphatic heterocycles. The molecule has 2 N–H and O–H groups in total. The van der Waals surface area contributed by atoms with E-state index in [4.69, 9.17) is 4.74 Å². The van der Waals surface area contributed by atoms with Crippen LogP contribution in [0.25, 0.3) is 0 Å². The summed E-state index contributed by atoms with van der Waals surface area (Å²) in [4.78, 5) is 11.7. The summed E-state index contributed by atoms with van der Waals surface area (Å²) in [5, 5.41) is 6.24. The van der Waals surface area contributed by atoms with Crippen LogP contribution in [0.3, 0.4) is 0 Å². The second-order valence-corrected chi connectivity index (χ2v) is 5.28. The minimum atomic E-state index is 0.0641. The van der Waals surface area contributed by atoms with Crippen LogP contribution in [0.5, 0.6) is 5.75 Å². The zero-order valence-electron chi connectivity index (χ0n) is 13.8. The SMILES string of the molecule is CCCCC(=O)Nc1ccc(Nc2ccccc2OCC)cc1. The zero-order valence-corrected chi connectivity index (χ0v) is 13.8. The molecule has 4 heteroatoms. The molecule has 0 aliphatic carbocycles. The number of amides is 1. The number of hydrogen-bond donors (Lipinski definition) is 2. The highest BCUT2D eigenvalue weighted by Crippen LogP contribution is 2.27. The van der Waals surface area contributed by atoms with E-state index in [9.17, 15) is 4.79 Å². The first kappa shape index (κ1) is 16.9. The molecule has 0 aliphatic rings. The van der Waals surface area contributed by atoms with E-state index >= 15 is 0 Å². The molecule has 0 unspecified atom stereocenters. The van der Waals surface area contributed by atoms with Crippen molar-refractivity contribution in [3.63, 3.8) is 0 Å². The van der Waals surface area contributed by atoms with Crippen LogP contribution in [0.1, 0.15) is 33.1 Å². The molecule has 1 amide bonds. The van der Waals surface area contributed by atoms with Crippen LogP contribution >= 0.6 is 0 Å². The van der Waals surface area contributed by atoms with Gasteiger partial charge in [0.05, 0.1) is 12.3 Å². The molecular weight excluding hydrogens is 288 g/mol. The molecule has 0 aromatic heterocycles. The number of nitrogens with one attached hydrogen (secondary N) is 2. The molecule has 0 radical (unpaired) electrons. The van der Waals surface area contributed by atoms with E-state index in [-0.39, 0.29) is 5.91 Å². The highest BCUT2D eigenvalue weighted by Gasteiger charge is 2.04. The summed E-state index contributed by atoms with van der Waals surface area (Å²) < 4.78 is 5.60. The lowest BCUT2D eigenvalue weighted by molar-refractivity contribution is -0.116. The third-order valence-electron chi connectivity index (χ3n) is 3.39. The van der Waals surface area contributed by atoms with Crippen LogP contribution in [0.15, 0.2) is 48.5 Å². The molecule has 0 spiro atoms. The minimum Gasteiger partial charge on any atom is -0.492 e. The third kappa shape index (κ3) is 5.33. The first-order chi connectivity index (χ1) is 11.2. The number of rotatable bonds is 8. The van der Waals surface area contributed by atoms with Crippen LogP contribution in [0.2, 0.25) is 0 Å². The number of hydrogen-bond acceptors (Lipinski definition) is 3. The van der Waals surface area contributed by atoms with E-state index in [1.54, 1.807) is 0 Å². The lowest BCUT2D eigenvalue weighted by Gasteiger charge is -2.12. The molecule has 0 heterocycles. The van der Waals surface area contributed by atoms with Crippen LogP contribution < -0.4 is 15.4 Å². The van der Waals surface area contributed by atoms with Crippen LogP contribution in [0, 0.1) is 0 Å². The molecule has 122 valence electrons. The quantitative estimate of drug-likeness (QED) is 0.724. The molecule has 23 heavy (non-hydrogen) atoms. The topological polar surface area (TPSA) is 50.4 Å². The highest BCUT2D eigenvalue weighted by molar-refractivity contribution is 5.90. The Hall–Kier alpha value is -2.49. The monoisotopic (exact) mass is 312 g/mol. The normalized spacial score (nSPS) is 10.2. The number of anilines is 3. The van der Waals surface area contributed by atoms with E-state index < -0.39 is 0 Å². The molecule has 0 fully saturated rings. The van der Waals surface area contributed by atoms with Crippen molar-refractivity contribution in [3.05, 3.63) is 48.5 Å². The number of benzene rings is 2. The fourth-order valence-electron chi connectivity index (χ4n) is 2.20. The van der Waals surface area contributed by atoms with Crippen molar-refractivity contribution < 1.29 is 9.53 Å². The first-order valence-electron chi connectivity index (χ1n) is 8.11. The molecule has 0 bridgehead atoms. The Kier molecular flexibility index (Phi) is 6.48. The Morgan fingerprint density at radius 2 is 1.70 bits per heavy atom. The van der Waals surface area contributed by atoms with Gasteiger partial charge in [0.25, 0.3) is 0 Å². The number of carbonyl (C=O) groups excluding carboxylic acids is 1. The minimum absolute atomic E-state index is 0.0641. The van der Waals surface area contributed by atoms with Crippen molar-refractivity contribution >= 4 is 23.0 Å². The number of para-hydroxylation sites is 2. The van der Waals surface area contributed by atoms with Gasteiger partial charge in [-0.3, -0.25) is 4.79 Å². The summed E-state index contributed by atoms with van der Waals surface area (Å²) in [7, 11) is 0. The molecule has 4 nitrogen and oxygen atoms in total. The molecule has 0 saturated carbocycles. The largest absolute Gasteiger partial charge is 0.492 e. The molecule has 2 aromatic carbocycles. The van der Waals surface area contributed by atoms with Gasteiger partial charge in [-0.2, -0.15) is 0 Å². The van der Waals surface area contributed by atoms with E-state index in [1.165, 1.54) is 0 Å². The van der Waals surface area contributed by atoms with E-state index in [0.717, 1.165) is 35.7 Å². The molecular formula is C19H24N2O2. The first-order valence-corrected chi connectivity index (χ1v) is 8.11. The number of ether oxygens (including phenoxy) is 1. The van der Waals surface area contributed by atoms with Crippen molar-refractivity contribution in [3.8, 4) is 5.75 Å². The Labute approximate surface area is 137 Å². The Balaban J connectivity index is 1.99. The van der Waals surface area contributed by atoms with Gasteiger partial charge in [0.2, 0.25) is 5.91 Å². The maximum atomic E-state index is 11.7. The van der Waals surface area contributed by atoms with E-state index in [0.29, 0.717) is 13.0 Å². The molecule has 0 atom stereocenters. The number of carbonyl (C=O) groups is 1. The number of unbranched alkanes of at least 4 members (excludes halogenated alkanes) is 1. The van der Waals surface area contributed by atoms with Gasteiger partial charge in [0.1, 0.15) is 5.75 Å². The lowest BCUT2D eigenvalue weighted by Crippen LogP contribution is -2.10. The summed E-state index contributed by atoms with van der Waals surface area (Å²) in [6.45, 7) is 4.67. The predicted octanol–water partition coefficient (Wildman–Crippen LogP) is 4.96. The Bertz CT molecular complexity index is 624. The average Bonchev–Trinajstić information content (AvgIpc) is 2.57. The van der Waals surface area contributed by atoms with Gasteiger partial charge in [-0.15, -0.1) is 0 Å². The van der Waals surface area contributed by atoms with Gasteiger partial charge < -0.3 is 15.4 Å². The molecule has 2 aromatic rings. The average molecular weight is 312 g/mol. The van der Waals surface area contributed by atoms with Crippen LogP contribution in [-0.2, 0) is 4.79 Å². The maximum absolute atomic E-state index is 11.7. The Morgan fingerprint density at radius 3 is 2.39 bits per heavy atom. The van der Waals surface area contributed by atoms with Crippen LogP contribution in [0.4, 0.5) is 17.1 Å². The van der Waals surface area contributed by atoms with Gasteiger partial charge in [-0.1, -0.05) is 25.5 Å². The second-order valence-electron chi connectivity index (χ2n) is 5.28. The van der Waals surface area contributed by atoms with Crippen molar-refractivity contribution in [1.82, 2.24) is 0 Å². The van der Waals surface area contributed by atoms with Crippen molar-refractivity contribution in [1.29, 1.82) is 0 Å². The predicted molar refractivity (Wildman–Crippen MR) is 95.5 cm³/mol. The van der Waals surface area contributed by atoms with Crippen LogP contribution in [-0.4, -0.2) is 12.5 Å². The molecule has 2 rings (SSSR count). The van der Waals surface area contributed by atoms with Crippen molar-refractivity contribution in [2.75, 3.05) is 17.2 Å². The third-order valence-corrected chi connectivity index (χ3v) is 3.39. The zero-order chi connectivity index (χ0) is 16.5. The van der Waals surface area contributed by atoms with Crippen molar-refractivity contribution in [2.45, 2.75) is 33.1 Å². The van der Waals surface area contributed by atoms with E-state index in [2.05, 4.69) is 17.6 Å². The smallest absolute Gasteiger partial charge is 0.224 e. The summed E-state index contributed by atoms with van der Waals surface area (Å²) in [5.74, 6) is 0.890. The lowest BCUT2D eigenvalue weighted by atomic mass is 10.2. The summed E-state index contributed by atoms with van der Waals surface area (Å²) >= 11 is 0. The van der Waals surface area contributed by atoms with Crippen molar-refractivity contribution in [2.24, 2.45) is 0 Å². The summed E-state index contributed by atoms with van der Waals surface area (Å²) in [6, 6.07) is 15.5. The Morgan fingerprint density at radius 1 is 1.00 bits per heavy atom. The summed E-state index contributed by atoms with van der Waals surface area (Å²) in [6.07, 6.45) is 2.51. The maximum Gasteiger partial charge on any atom is 0.224 e. The van der Waals surface area contributed by atoms with E-state index in [1.807, 2.05) is 55.5 Å². The molecule has 0 saturated heterocycles. The fourth-order valence-corrected chi connectivity index (χ4v) is 2.20. The highest BCUT2D eigenvalue weighted by atomic mass is 16.5.